The second-order valence-electron chi connectivity index (χ2n) is 6.23. The molecule has 3 heteroatoms. The van der Waals surface area contributed by atoms with Gasteiger partial charge in [-0.1, -0.05) is 41.8 Å². The number of benzene rings is 2. The van der Waals surface area contributed by atoms with Gasteiger partial charge in [-0.05, 0) is 79.0 Å². The third kappa shape index (κ3) is 3.31. The zero-order valence-electron chi connectivity index (χ0n) is 12.6. The van der Waals surface area contributed by atoms with E-state index in [2.05, 4.69) is 19.1 Å². The van der Waals surface area contributed by atoms with Crippen molar-refractivity contribution in [2.75, 3.05) is 0 Å². The summed E-state index contributed by atoms with van der Waals surface area (Å²) in [5, 5.41) is 1.02. The van der Waals surface area contributed by atoms with Gasteiger partial charge in [-0.25, -0.2) is 4.39 Å². The van der Waals surface area contributed by atoms with E-state index in [4.69, 9.17) is 23.2 Å². The fourth-order valence-electron chi connectivity index (χ4n) is 3.59. The molecule has 0 amide bonds. The van der Waals surface area contributed by atoms with E-state index in [9.17, 15) is 4.39 Å². The maximum atomic E-state index is 13.4. The van der Waals surface area contributed by atoms with Crippen molar-refractivity contribution in [1.29, 1.82) is 0 Å². The van der Waals surface area contributed by atoms with Gasteiger partial charge in [-0.3, -0.25) is 0 Å². The van der Waals surface area contributed by atoms with Gasteiger partial charge < -0.3 is 0 Å². The highest BCUT2D eigenvalue weighted by Crippen LogP contribution is 2.43. The second kappa shape index (κ2) is 6.60. The van der Waals surface area contributed by atoms with Crippen molar-refractivity contribution in [3.63, 3.8) is 0 Å². The van der Waals surface area contributed by atoms with Crippen LogP contribution in [0, 0.1) is 12.7 Å². The third-order valence-corrected chi connectivity index (χ3v) is 5.30. The first-order valence-corrected chi connectivity index (χ1v) is 8.51. The maximum absolute atomic E-state index is 13.4. The van der Waals surface area contributed by atoms with Gasteiger partial charge in [0.05, 0.1) is 5.02 Å². The largest absolute Gasteiger partial charge is 0.205 e. The van der Waals surface area contributed by atoms with Gasteiger partial charge in [-0.2, -0.15) is 0 Å². The molecule has 116 valence electrons. The normalized spacial score (nSPS) is 21.8. The number of halogens is 3. The van der Waals surface area contributed by atoms with E-state index in [1.165, 1.54) is 30.0 Å². The van der Waals surface area contributed by atoms with E-state index in [0.29, 0.717) is 11.8 Å². The highest BCUT2D eigenvalue weighted by Gasteiger charge is 2.25. The van der Waals surface area contributed by atoms with E-state index in [1.54, 1.807) is 6.07 Å². The Morgan fingerprint density at radius 1 is 1.00 bits per heavy atom. The average molecular weight is 337 g/mol. The van der Waals surface area contributed by atoms with Crippen LogP contribution in [0.25, 0.3) is 0 Å². The lowest BCUT2D eigenvalue weighted by Crippen LogP contribution is -2.14. The molecule has 2 aromatic carbocycles. The van der Waals surface area contributed by atoms with E-state index in [1.807, 2.05) is 12.1 Å². The van der Waals surface area contributed by atoms with Crippen LogP contribution in [0.5, 0.6) is 0 Å². The molecule has 0 nitrogen and oxygen atoms in total. The van der Waals surface area contributed by atoms with Crippen molar-refractivity contribution in [2.45, 2.75) is 44.4 Å². The van der Waals surface area contributed by atoms with Crippen molar-refractivity contribution >= 4 is 23.2 Å². The quantitative estimate of drug-likeness (QED) is 0.560. The first-order chi connectivity index (χ1) is 10.5. The number of hydrogen-bond donors (Lipinski definition) is 0. The van der Waals surface area contributed by atoms with Crippen LogP contribution in [0.3, 0.4) is 0 Å². The summed E-state index contributed by atoms with van der Waals surface area (Å²) in [6, 6.07) is 11.3. The number of hydrogen-bond acceptors (Lipinski definition) is 0. The fourth-order valence-corrected chi connectivity index (χ4v) is 3.96. The van der Waals surface area contributed by atoms with Crippen molar-refractivity contribution < 1.29 is 4.39 Å². The first kappa shape index (κ1) is 15.8. The van der Waals surface area contributed by atoms with E-state index in [0.717, 1.165) is 23.4 Å². The number of rotatable bonds is 2. The Morgan fingerprint density at radius 3 is 2.55 bits per heavy atom. The zero-order chi connectivity index (χ0) is 15.7. The molecule has 22 heavy (non-hydrogen) atoms. The molecule has 1 saturated carbocycles. The lowest BCUT2D eigenvalue weighted by molar-refractivity contribution is 0.393. The molecular formula is C19H19Cl2F. The van der Waals surface area contributed by atoms with Gasteiger partial charge in [0.1, 0.15) is 5.82 Å². The van der Waals surface area contributed by atoms with Gasteiger partial charge in [0, 0.05) is 5.02 Å². The topological polar surface area (TPSA) is 0 Å². The Bertz CT molecular complexity index is 681. The van der Waals surface area contributed by atoms with Crippen molar-refractivity contribution in [3.8, 4) is 0 Å². The molecule has 2 aromatic rings. The molecule has 0 bridgehead atoms. The fraction of sp³-hybridized carbons (Fsp3) is 0.368. The van der Waals surface area contributed by atoms with Crippen LogP contribution in [0.2, 0.25) is 10.0 Å². The van der Waals surface area contributed by atoms with Crippen LogP contribution >= 0.6 is 23.2 Å². The SMILES string of the molecule is Cc1ccc(Cl)cc1C1CCCC(c2ccc(F)c(Cl)c2)C1. The van der Waals surface area contributed by atoms with Gasteiger partial charge in [-0.15, -0.1) is 0 Å². The van der Waals surface area contributed by atoms with E-state index < -0.39 is 0 Å². The standard InChI is InChI=1S/C19H19Cl2F/c1-12-5-7-16(20)11-17(12)15-4-2-3-13(9-15)14-6-8-19(22)18(21)10-14/h5-8,10-11,13,15H,2-4,9H2,1H3. The third-order valence-electron chi connectivity index (χ3n) is 4.77. The van der Waals surface area contributed by atoms with Crippen LogP contribution < -0.4 is 0 Å². The van der Waals surface area contributed by atoms with Gasteiger partial charge >= 0.3 is 0 Å². The molecular weight excluding hydrogens is 318 g/mol. The highest BCUT2D eigenvalue weighted by atomic mass is 35.5. The molecule has 2 unspecified atom stereocenters. The Morgan fingerprint density at radius 2 is 1.77 bits per heavy atom. The summed E-state index contributed by atoms with van der Waals surface area (Å²) in [5.41, 5.74) is 3.80. The smallest absolute Gasteiger partial charge is 0.141 e. The first-order valence-electron chi connectivity index (χ1n) is 7.75. The van der Waals surface area contributed by atoms with Crippen LogP contribution in [0.4, 0.5) is 4.39 Å². The van der Waals surface area contributed by atoms with Gasteiger partial charge in [0.2, 0.25) is 0 Å². The van der Waals surface area contributed by atoms with Crippen LogP contribution in [-0.4, -0.2) is 0 Å². The highest BCUT2D eigenvalue weighted by molar-refractivity contribution is 6.31. The van der Waals surface area contributed by atoms with E-state index >= 15 is 0 Å². The molecule has 0 N–H and O–H groups in total. The monoisotopic (exact) mass is 336 g/mol. The molecule has 3 rings (SSSR count). The minimum absolute atomic E-state index is 0.221. The minimum Gasteiger partial charge on any atom is -0.205 e. The average Bonchev–Trinajstić information content (AvgIpc) is 2.52. The van der Waals surface area contributed by atoms with Gasteiger partial charge in [0.15, 0.2) is 0 Å². The summed E-state index contributed by atoms with van der Waals surface area (Å²) in [6.45, 7) is 2.14. The summed E-state index contributed by atoms with van der Waals surface area (Å²) in [6.07, 6.45) is 4.57. The summed E-state index contributed by atoms with van der Waals surface area (Å²) in [5.74, 6) is 0.611. The molecule has 0 heterocycles. The second-order valence-corrected chi connectivity index (χ2v) is 7.08. The van der Waals surface area contributed by atoms with Crippen LogP contribution in [0.1, 0.15) is 54.2 Å². The van der Waals surface area contributed by atoms with Gasteiger partial charge in [0.25, 0.3) is 0 Å². The lowest BCUT2D eigenvalue weighted by Gasteiger charge is -2.31. The van der Waals surface area contributed by atoms with Crippen molar-refractivity contribution in [1.82, 2.24) is 0 Å². The molecule has 1 fully saturated rings. The lowest BCUT2D eigenvalue weighted by atomic mass is 9.74. The van der Waals surface area contributed by atoms with Crippen molar-refractivity contribution in [2.24, 2.45) is 0 Å². The molecule has 1 aliphatic rings. The van der Waals surface area contributed by atoms with Crippen LogP contribution in [-0.2, 0) is 0 Å². The summed E-state index contributed by atoms with van der Waals surface area (Å²) >= 11 is 12.1. The maximum Gasteiger partial charge on any atom is 0.141 e. The Labute approximate surface area is 141 Å². The Balaban J connectivity index is 1.84. The number of aryl methyl sites for hydroxylation is 1. The predicted octanol–water partition coefficient (Wildman–Crippen LogP) is 6.88. The summed E-state index contributed by atoms with van der Waals surface area (Å²) < 4.78 is 13.4. The Hall–Kier alpha value is -1.05. The molecule has 2 atom stereocenters. The molecule has 0 saturated heterocycles. The van der Waals surface area contributed by atoms with E-state index in [-0.39, 0.29) is 10.8 Å². The Kier molecular flexibility index (Phi) is 4.75. The minimum atomic E-state index is -0.344. The molecule has 0 aliphatic heterocycles. The zero-order valence-corrected chi connectivity index (χ0v) is 14.1. The van der Waals surface area contributed by atoms with Crippen LogP contribution in [0.15, 0.2) is 36.4 Å². The summed E-state index contributed by atoms with van der Waals surface area (Å²) in [4.78, 5) is 0. The summed E-state index contributed by atoms with van der Waals surface area (Å²) in [7, 11) is 0. The molecule has 0 aromatic heterocycles. The predicted molar refractivity (Wildman–Crippen MR) is 91.5 cm³/mol. The molecule has 0 spiro atoms. The molecule has 1 aliphatic carbocycles. The van der Waals surface area contributed by atoms with Crippen molar-refractivity contribution in [3.05, 3.63) is 69.0 Å². The molecule has 0 radical (unpaired) electrons.